The van der Waals surface area contributed by atoms with Crippen molar-refractivity contribution >= 4 is 17.4 Å². The second-order valence-corrected chi connectivity index (χ2v) is 4.90. The summed E-state index contributed by atoms with van der Waals surface area (Å²) in [4.78, 5) is 12.0. The van der Waals surface area contributed by atoms with Crippen molar-refractivity contribution in [2.75, 3.05) is 11.9 Å². The zero-order valence-electron chi connectivity index (χ0n) is 12.0. The van der Waals surface area contributed by atoms with Crippen LogP contribution in [0.4, 0.5) is 5.69 Å². The lowest BCUT2D eigenvalue weighted by Crippen LogP contribution is -2.25. The Labute approximate surface area is 118 Å². The number of nitrogens with one attached hydrogen (secondary N) is 1. The van der Waals surface area contributed by atoms with Crippen molar-refractivity contribution in [3.8, 4) is 5.75 Å². The largest absolute Gasteiger partial charge is 0.483 e. The Morgan fingerprint density at radius 1 is 1.40 bits per heavy atom. The Kier molecular flexibility index (Phi) is 5.83. The Balaban J connectivity index is 2.77. The van der Waals surface area contributed by atoms with Gasteiger partial charge in [0.15, 0.2) is 5.84 Å². The van der Waals surface area contributed by atoms with Gasteiger partial charge in [-0.1, -0.05) is 38.1 Å². The molecule has 1 aromatic carbocycles. The zero-order valence-corrected chi connectivity index (χ0v) is 12.0. The van der Waals surface area contributed by atoms with Crippen LogP contribution in [0.2, 0.25) is 0 Å². The molecule has 0 aromatic heterocycles. The van der Waals surface area contributed by atoms with Gasteiger partial charge >= 0.3 is 0 Å². The monoisotopic (exact) mass is 279 g/mol. The third-order valence-corrected chi connectivity index (χ3v) is 3.06. The van der Waals surface area contributed by atoms with Crippen LogP contribution >= 0.6 is 0 Å². The molecule has 4 N–H and O–H groups in total. The van der Waals surface area contributed by atoms with E-state index < -0.39 is 0 Å². The number of nitrogens with two attached hydrogens (primary N) is 1. The van der Waals surface area contributed by atoms with Crippen molar-refractivity contribution < 1.29 is 14.7 Å². The number of oxime groups is 1. The molecule has 20 heavy (non-hydrogen) atoms. The Morgan fingerprint density at radius 3 is 2.65 bits per heavy atom. The summed E-state index contributed by atoms with van der Waals surface area (Å²) in [5, 5.41) is 14.1. The summed E-state index contributed by atoms with van der Waals surface area (Å²) >= 11 is 0. The summed E-state index contributed by atoms with van der Waals surface area (Å²) in [7, 11) is 0. The van der Waals surface area contributed by atoms with Crippen LogP contribution in [-0.2, 0) is 4.79 Å². The molecule has 0 heterocycles. The molecule has 0 aliphatic heterocycles. The summed E-state index contributed by atoms with van der Waals surface area (Å²) in [5.41, 5.74) is 5.91. The van der Waals surface area contributed by atoms with E-state index in [4.69, 9.17) is 15.7 Å². The maximum Gasteiger partial charge on any atom is 0.227 e. The fourth-order valence-corrected chi connectivity index (χ4v) is 1.43. The number of rotatable bonds is 6. The molecule has 110 valence electrons. The van der Waals surface area contributed by atoms with E-state index in [0.29, 0.717) is 11.4 Å². The first kappa shape index (κ1) is 15.8. The van der Waals surface area contributed by atoms with E-state index in [1.165, 1.54) is 0 Å². The van der Waals surface area contributed by atoms with Gasteiger partial charge in [-0.05, 0) is 18.1 Å². The molecule has 0 saturated carbocycles. The molecule has 1 aromatic rings. The molecule has 6 nitrogen and oxygen atoms in total. The first-order valence-corrected chi connectivity index (χ1v) is 6.44. The summed E-state index contributed by atoms with van der Waals surface area (Å²) < 4.78 is 5.40. The molecule has 1 amide bonds. The number of anilines is 1. The normalized spacial score (nSPS) is 13.1. The molecule has 0 aliphatic rings. The first-order chi connectivity index (χ1) is 9.45. The summed E-state index contributed by atoms with van der Waals surface area (Å²) in [6.07, 6.45) is 0. The standard InChI is InChI=1S/C14H21N3O3/c1-9(2)10(3)14(18)16-11-6-4-5-7-12(11)20-8-13(15)17-19/h4-7,9-10,19H,8H2,1-3H3,(H2,15,17)(H,16,18). The highest BCUT2D eigenvalue weighted by atomic mass is 16.5. The van der Waals surface area contributed by atoms with Crippen molar-refractivity contribution in [3.63, 3.8) is 0 Å². The Bertz CT molecular complexity index is 486. The van der Waals surface area contributed by atoms with Gasteiger partial charge < -0.3 is 21.0 Å². The molecular weight excluding hydrogens is 258 g/mol. The maximum absolute atomic E-state index is 12.0. The SMILES string of the molecule is CC(C)C(C)C(=O)Nc1ccccc1OCC(N)=NO. The van der Waals surface area contributed by atoms with E-state index in [1.807, 2.05) is 20.8 Å². The highest BCUT2D eigenvalue weighted by Crippen LogP contribution is 2.25. The van der Waals surface area contributed by atoms with Gasteiger partial charge in [-0.15, -0.1) is 0 Å². The van der Waals surface area contributed by atoms with Gasteiger partial charge in [0.1, 0.15) is 12.4 Å². The van der Waals surface area contributed by atoms with Gasteiger partial charge in [-0.25, -0.2) is 0 Å². The second-order valence-electron chi connectivity index (χ2n) is 4.90. The van der Waals surface area contributed by atoms with Gasteiger partial charge in [0.2, 0.25) is 5.91 Å². The number of amidine groups is 1. The van der Waals surface area contributed by atoms with Crippen LogP contribution in [0.15, 0.2) is 29.4 Å². The lowest BCUT2D eigenvalue weighted by molar-refractivity contribution is -0.120. The minimum Gasteiger partial charge on any atom is -0.483 e. The highest BCUT2D eigenvalue weighted by molar-refractivity contribution is 5.94. The minimum absolute atomic E-state index is 0.0401. The van der Waals surface area contributed by atoms with Crippen molar-refractivity contribution in [1.82, 2.24) is 0 Å². The van der Waals surface area contributed by atoms with Gasteiger partial charge in [0, 0.05) is 5.92 Å². The van der Waals surface area contributed by atoms with Crippen molar-refractivity contribution in [1.29, 1.82) is 0 Å². The number of hydrogen-bond acceptors (Lipinski definition) is 4. The van der Waals surface area contributed by atoms with E-state index in [0.717, 1.165) is 0 Å². The second kappa shape index (κ2) is 7.37. The Morgan fingerprint density at radius 2 is 2.05 bits per heavy atom. The van der Waals surface area contributed by atoms with E-state index in [9.17, 15) is 4.79 Å². The number of benzene rings is 1. The molecule has 0 saturated heterocycles. The molecule has 1 rings (SSSR count). The fraction of sp³-hybridized carbons (Fsp3) is 0.429. The van der Waals surface area contributed by atoms with Gasteiger partial charge in [0.25, 0.3) is 0 Å². The average molecular weight is 279 g/mol. The predicted molar refractivity (Wildman–Crippen MR) is 78.0 cm³/mol. The van der Waals surface area contributed by atoms with Crippen LogP contribution in [0.5, 0.6) is 5.75 Å². The minimum atomic E-state index is -0.105. The van der Waals surface area contributed by atoms with Gasteiger partial charge in [-0.3, -0.25) is 4.79 Å². The summed E-state index contributed by atoms with van der Waals surface area (Å²) in [5.74, 6) is 0.511. The highest BCUT2D eigenvalue weighted by Gasteiger charge is 2.18. The molecular formula is C14H21N3O3. The van der Waals surface area contributed by atoms with Gasteiger partial charge in [0.05, 0.1) is 5.69 Å². The number of carbonyl (C=O) groups is 1. The number of para-hydroxylation sites is 2. The average Bonchev–Trinajstić information content (AvgIpc) is 2.44. The third kappa shape index (κ3) is 4.46. The van der Waals surface area contributed by atoms with Crippen molar-refractivity contribution in [3.05, 3.63) is 24.3 Å². The van der Waals surface area contributed by atoms with E-state index in [1.54, 1.807) is 24.3 Å². The number of ether oxygens (including phenoxy) is 1. The fourth-order valence-electron chi connectivity index (χ4n) is 1.43. The van der Waals surface area contributed by atoms with Crippen LogP contribution in [-0.4, -0.2) is 23.6 Å². The van der Waals surface area contributed by atoms with E-state index in [2.05, 4.69) is 10.5 Å². The zero-order chi connectivity index (χ0) is 15.1. The van der Waals surface area contributed by atoms with Crippen molar-refractivity contribution in [2.24, 2.45) is 22.7 Å². The molecule has 0 fully saturated rings. The molecule has 0 aliphatic carbocycles. The van der Waals surface area contributed by atoms with E-state index >= 15 is 0 Å². The van der Waals surface area contributed by atoms with Crippen LogP contribution in [0.25, 0.3) is 0 Å². The van der Waals surface area contributed by atoms with Crippen molar-refractivity contribution in [2.45, 2.75) is 20.8 Å². The number of hydrogen-bond donors (Lipinski definition) is 3. The van der Waals surface area contributed by atoms with E-state index in [-0.39, 0.29) is 30.2 Å². The molecule has 0 bridgehead atoms. The molecule has 1 atom stereocenters. The smallest absolute Gasteiger partial charge is 0.227 e. The summed E-state index contributed by atoms with van der Waals surface area (Å²) in [6.45, 7) is 5.80. The number of nitrogens with zero attached hydrogens (tertiary/aromatic N) is 1. The van der Waals surface area contributed by atoms with Crippen LogP contribution in [0, 0.1) is 11.8 Å². The topological polar surface area (TPSA) is 96.9 Å². The van der Waals surface area contributed by atoms with Gasteiger partial charge in [-0.2, -0.15) is 0 Å². The first-order valence-electron chi connectivity index (χ1n) is 6.44. The number of amides is 1. The third-order valence-electron chi connectivity index (χ3n) is 3.06. The summed E-state index contributed by atoms with van der Waals surface area (Å²) in [6, 6.07) is 7.03. The Hall–Kier alpha value is -2.24. The van der Waals surface area contributed by atoms with Crippen LogP contribution < -0.4 is 15.8 Å². The predicted octanol–water partition coefficient (Wildman–Crippen LogP) is 2.04. The molecule has 0 spiro atoms. The molecule has 0 radical (unpaired) electrons. The lowest BCUT2D eigenvalue weighted by Gasteiger charge is -2.17. The molecule has 1 unspecified atom stereocenters. The van der Waals surface area contributed by atoms with Crippen LogP contribution in [0.1, 0.15) is 20.8 Å². The maximum atomic E-state index is 12.0. The molecule has 6 heteroatoms. The lowest BCUT2D eigenvalue weighted by atomic mass is 9.97. The van der Waals surface area contributed by atoms with Crippen LogP contribution in [0.3, 0.4) is 0 Å². The quantitative estimate of drug-likeness (QED) is 0.321. The number of carbonyl (C=O) groups excluding carboxylic acids is 1.